The SMILES string of the molecule is C[C@@H]1COCCN1c1cc([C@H]2CCCN(C(=O)CCO)C2)nc(-c2ccnc3[nH]ccc23)n1. The number of aromatic nitrogens is 4. The monoisotopic (exact) mass is 450 g/mol. The van der Waals surface area contributed by atoms with Crippen molar-refractivity contribution >= 4 is 22.8 Å². The lowest BCUT2D eigenvalue weighted by Gasteiger charge is -2.36. The number of anilines is 1. The molecule has 0 bridgehead atoms. The first-order valence-corrected chi connectivity index (χ1v) is 11.7. The molecule has 2 saturated heterocycles. The van der Waals surface area contributed by atoms with E-state index >= 15 is 0 Å². The summed E-state index contributed by atoms with van der Waals surface area (Å²) < 4.78 is 5.64. The van der Waals surface area contributed by atoms with E-state index in [-0.39, 0.29) is 30.9 Å². The molecule has 2 fully saturated rings. The fraction of sp³-hybridized carbons (Fsp3) is 0.500. The van der Waals surface area contributed by atoms with E-state index < -0.39 is 0 Å². The summed E-state index contributed by atoms with van der Waals surface area (Å²) in [6.07, 6.45) is 5.70. The van der Waals surface area contributed by atoms with Gasteiger partial charge in [-0.05, 0) is 31.9 Å². The molecule has 9 nitrogen and oxygen atoms in total. The van der Waals surface area contributed by atoms with Crippen molar-refractivity contribution in [3.8, 4) is 11.4 Å². The van der Waals surface area contributed by atoms with Crippen molar-refractivity contribution in [2.75, 3.05) is 44.4 Å². The quantitative estimate of drug-likeness (QED) is 0.614. The zero-order chi connectivity index (χ0) is 22.8. The molecular formula is C24H30N6O3. The Morgan fingerprint density at radius 1 is 1.30 bits per heavy atom. The minimum atomic E-state index is -0.120. The second-order valence-corrected chi connectivity index (χ2v) is 8.84. The molecule has 33 heavy (non-hydrogen) atoms. The largest absolute Gasteiger partial charge is 0.396 e. The Kier molecular flexibility index (Phi) is 6.24. The highest BCUT2D eigenvalue weighted by molar-refractivity contribution is 5.91. The van der Waals surface area contributed by atoms with Crippen LogP contribution in [0.1, 0.15) is 37.8 Å². The third-order valence-electron chi connectivity index (χ3n) is 6.61. The standard InChI is InChI=1S/C24H30N6O3/c1-16-15-33-12-10-30(16)21-13-20(17-3-2-9-29(14-17)22(32)6-11-31)27-24(28-21)19-5-8-26-23-18(19)4-7-25-23/h4-5,7-8,13,16-17,31H,2-3,6,9-12,14-15H2,1H3,(H,25,26)/t16-,17+/m1/s1. The van der Waals surface area contributed by atoms with Crippen molar-refractivity contribution in [3.63, 3.8) is 0 Å². The molecule has 0 spiro atoms. The van der Waals surface area contributed by atoms with Crippen LogP contribution in [0.15, 0.2) is 30.6 Å². The number of fused-ring (bicyclic) bond motifs is 1. The molecule has 0 saturated carbocycles. The summed E-state index contributed by atoms with van der Waals surface area (Å²) in [5.41, 5.74) is 2.70. The fourth-order valence-electron chi connectivity index (χ4n) is 4.85. The number of aromatic amines is 1. The Labute approximate surface area is 192 Å². The molecule has 2 aliphatic rings. The summed E-state index contributed by atoms with van der Waals surface area (Å²) in [7, 11) is 0. The Balaban J connectivity index is 1.56. The van der Waals surface area contributed by atoms with Crippen LogP contribution in [-0.2, 0) is 9.53 Å². The lowest BCUT2D eigenvalue weighted by molar-refractivity contribution is -0.133. The number of morpholine rings is 1. The number of aliphatic hydroxyl groups is 1. The van der Waals surface area contributed by atoms with Gasteiger partial charge in [-0.1, -0.05) is 0 Å². The van der Waals surface area contributed by atoms with Gasteiger partial charge in [0.25, 0.3) is 0 Å². The fourth-order valence-corrected chi connectivity index (χ4v) is 4.85. The summed E-state index contributed by atoms with van der Waals surface area (Å²) in [4.78, 5) is 34.2. The van der Waals surface area contributed by atoms with E-state index in [0.717, 1.165) is 54.0 Å². The number of carbonyl (C=O) groups excluding carboxylic acids is 1. The number of hydrogen-bond donors (Lipinski definition) is 2. The Hall–Kier alpha value is -3.04. The number of nitrogens with zero attached hydrogens (tertiary/aromatic N) is 5. The first kappa shape index (κ1) is 21.8. The van der Waals surface area contributed by atoms with Gasteiger partial charge in [0, 0.05) is 61.4 Å². The Morgan fingerprint density at radius 3 is 3.06 bits per heavy atom. The van der Waals surface area contributed by atoms with Crippen LogP contribution < -0.4 is 4.90 Å². The van der Waals surface area contributed by atoms with Crippen LogP contribution in [0.25, 0.3) is 22.4 Å². The van der Waals surface area contributed by atoms with Crippen LogP contribution >= 0.6 is 0 Å². The summed E-state index contributed by atoms with van der Waals surface area (Å²) in [6, 6.07) is 6.26. The molecule has 2 N–H and O–H groups in total. The third kappa shape index (κ3) is 4.43. The Morgan fingerprint density at radius 2 is 2.21 bits per heavy atom. The number of hydrogen-bond acceptors (Lipinski definition) is 7. The molecule has 0 unspecified atom stereocenters. The number of rotatable bonds is 5. The van der Waals surface area contributed by atoms with Crippen molar-refractivity contribution in [3.05, 3.63) is 36.3 Å². The summed E-state index contributed by atoms with van der Waals surface area (Å²) in [5, 5.41) is 10.2. The van der Waals surface area contributed by atoms with Gasteiger partial charge in [0.2, 0.25) is 5.91 Å². The summed E-state index contributed by atoms with van der Waals surface area (Å²) >= 11 is 0. The van der Waals surface area contributed by atoms with Crippen molar-refractivity contribution < 1.29 is 14.6 Å². The molecule has 2 aliphatic heterocycles. The number of nitrogens with one attached hydrogen (secondary N) is 1. The maximum absolute atomic E-state index is 12.4. The van der Waals surface area contributed by atoms with Crippen LogP contribution in [0.3, 0.4) is 0 Å². The normalized spacial score (nSPS) is 21.5. The second kappa shape index (κ2) is 9.44. The van der Waals surface area contributed by atoms with E-state index in [0.29, 0.717) is 25.6 Å². The minimum Gasteiger partial charge on any atom is -0.396 e. The van der Waals surface area contributed by atoms with Gasteiger partial charge < -0.3 is 24.6 Å². The zero-order valence-corrected chi connectivity index (χ0v) is 18.9. The highest BCUT2D eigenvalue weighted by Gasteiger charge is 2.28. The van der Waals surface area contributed by atoms with E-state index in [9.17, 15) is 9.90 Å². The van der Waals surface area contributed by atoms with E-state index in [1.807, 2.05) is 23.2 Å². The third-order valence-corrected chi connectivity index (χ3v) is 6.61. The van der Waals surface area contributed by atoms with Crippen LogP contribution in [0, 0.1) is 0 Å². The van der Waals surface area contributed by atoms with Crippen LogP contribution in [0.4, 0.5) is 5.82 Å². The molecule has 0 aromatic carbocycles. The van der Waals surface area contributed by atoms with Gasteiger partial charge in [0.05, 0.1) is 31.6 Å². The number of carbonyl (C=O) groups is 1. The molecule has 0 aliphatic carbocycles. The number of likely N-dealkylation sites (tertiary alicyclic amines) is 1. The van der Waals surface area contributed by atoms with Crippen molar-refractivity contribution in [1.82, 2.24) is 24.8 Å². The van der Waals surface area contributed by atoms with Gasteiger partial charge in [-0.3, -0.25) is 4.79 Å². The Bertz CT molecular complexity index is 1130. The average molecular weight is 451 g/mol. The number of amides is 1. The molecule has 2 atom stereocenters. The van der Waals surface area contributed by atoms with Gasteiger partial charge in [-0.25, -0.2) is 15.0 Å². The maximum Gasteiger partial charge on any atom is 0.224 e. The molecule has 3 aromatic rings. The van der Waals surface area contributed by atoms with E-state index in [1.165, 1.54) is 0 Å². The highest BCUT2D eigenvalue weighted by Crippen LogP contribution is 2.32. The van der Waals surface area contributed by atoms with Crippen molar-refractivity contribution in [2.24, 2.45) is 0 Å². The molecule has 9 heteroatoms. The van der Waals surface area contributed by atoms with Crippen LogP contribution in [0.2, 0.25) is 0 Å². The van der Waals surface area contributed by atoms with Gasteiger partial charge in [0.15, 0.2) is 5.82 Å². The number of H-pyrrole nitrogens is 1. The van der Waals surface area contributed by atoms with Gasteiger partial charge in [-0.15, -0.1) is 0 Å². The zero-order valence-electron chi connectivity index (χ0n) is 18.9. The molecule has 3 aromatic heterocycles. The number of pyridine rings is 1. The lowest BCUT2D eigenvalue weighted by Crippen LogP contribution is -2.44. The average Bonchev–Trinajstić information content (AvgIpc) is 3.33. The number of piperidine rings is 1. The van der Waals surface area contributed by atoms with Gasteiger partial charge in [0.1, 0.15) is 11.5 Å². The first-order valence-electron chi connectivity index (χ1n) is 11.7. The van der Waals surface area contributed by atoms with E-state index in [1.54, 1.807) is 6.20 Å². The summed E-state index contributed by atoms with van der Waals surface area (Å²) in [6.45, 7) is 5.48. The molecule has 174 valence electrons. The predicted molar refractivity (Wildman–Crippen MR) is 125 cm³/mol. The highest BCUT2D eigenvalue weighted by atomic mass is 16.5. The molecular weight excluding hydrogens is 420 g/mol. The van der Waals surface area contributed by atoms with Crippen LogP contribution in [-0.4, -0.2) is 81.3 Å². The van der Waals surface area contributed by atoms with Gasteiger partial charge >= 0.3 is 0 Å². The topological polar surface area (TPSA) is 107 Å². The van der Waals surface area contributed by atoms with Gasteiger partial charge in [-0.2, -0.15) is 0 Å². The van der Waals surface area contributed by atoms with Crippen molar-refractivity contribution in [2.45, 2.75) is 38.1 Å². The van der Waals surface area contributed by atoms with Crippen molar-refractivity contribution in [1.29, 1.82) is 0 Å². The predicted octanol–water partition coefficient (Wildman–Crippen LogP) is 2.33. The van der Waals surface area contributed by atoms with E-state index in [2.05, 4.69) is 27.9 Å². The minimum absolute atomic E-state index is 0.00155. The second-order valence-electron chi connectivity index (χ2n) is 8.84. The maximum atomic E-state index is 12.4. The molecule has 0 radical (unpaired) electrons. The molecule has 5 rings (SSSR count). The summed E-state index contributed by atoms with van der Waals surface area (Å²) in [5.74, 6) is 1.69. The smallest absolute Gasteiger partial charge is 0.224 e. The lowest BCUT2D eigenvalue weighted by atomic mass is 9.93. The first-order chi connectivity index (χ1) is 16.1. The molecule has 1 amide bonds. The number of ether oxygens (including phenoxy) is 1. The van der Waals surface area contributed by atoms with E-state index in [4.69, 9.17) is 14.7 Å². The molecule has 5 heterocycles. The van der Waals surface area contributed by atoms with Crippen LogP contribution in [0.5, 0.6) is 0 Å². The number of aliphatic hydroxyl groups excluding tert-OH is 1.